The molecule has 0 heterocycles. The van der Waals surface area contributed by atoms with Gasteiger partial charge in [-0.25, -0.2) is 0 Å². The summed E-state index contributed by atoms with van der Waals surface area (Å²) in [6.07, 6.45) is 0.901. The molecule has 0 amide bonds. The van der Waals surface area contributed by atoms with Crippen molar-refractivity contribution in [3.05, 3.63) is 29.3 Å². The van der Waals surface area contributed by atoms with Gasteiger partial charge in [-0.05, 0) is 30.5 Å². The molecule has 0 saturated heterocycles. The first kappa shape index (κ1) is 10.4. The van der Waals surface area contributed by atoms with Gasteiger partial charge in [0.05, 0.1) is 0 Å². The van der Waals surface area contributed by atoms with Crippen molar-refractivity contribution >= 4 is 13.5 Å². The van der Waals surface area contributed by atoms with Crippen LogP contribution < -0.4 is 0 Å². The van der Waals surface area contributed by atoms with Crippen molar-refractivity contribution in [3.63, 3.8) is 0 Å². The summed E-state index contributed by atoms with van der Waals surface area (Å²) in [6.45, 7) is 4.06. The molecular formula is C9H14OS. The van der Waals surface area contributed by atoms with Crippen LogP contribution in [0, 0.1) is 6.92 Å². The van der Waals surface area contributed by atoms with Gasteiger partial charge >= 0.3 is 0 Å². The summed E-state index contributed by atoms with van der Waals surface area (Å²) in [7, 11) is 0. The number of benzene rings is 1. The Kier molecular flexibility index (Phi) is 4.04. The predicted molar refractivity (Wildman–Crippen MR) is 52.6 cm³/mol. The zero-order valence-electron chi connectivity index (χ0n) is 6.89. The lowest BCUT2D eigenvalue weighted by molar-refractivity contribution is 0.468. The van der Waals surface area contributed by atoms with Crippen LogP contribution in [0.4, 0.5) is 0 Å². The second-order valence-corrected chi connectivity index (χ2v) is 2.43. The molecule has 11 heavy (non-hydrogen) atoms. The number of phenols is 1. The third-order valence-corrected chi connectivity index (χ3v) is 1.74. The van der Waals surface area contributed by atoms with E-state index in [0.717, 1.165) is 12.0 Å². The van der Waals surface area contributed by atoms with Gasteiger partial charge in [0, 0.05) is 0 Å². The van der Waals surface area contributed by atoms with Crippen molar-refractivity contribution in [3.8, 4) is 5.75 Å². The highest BCUT2D eigenvalue weighted by molar-refractivity contribution is 7.59. The molecule has 0 aliphatic heterocycles. The molecule has 0 saturated carbocycles. The highest BCUT2D eigenvalue weighted by Crippen LogP contribution is 2.19. The van der Waals surface area contributed by atoms with Crippen molar-refractivity contribution in [2.75, 3.05) is 0 Å². The zero-order valence-corrected chi connectivity index (χ0v) is 7.89. The van der Waals surface area contributed by atoms with E-state index >= 15 is 0 Å². The van der Waals surface area contributed by atoms with Gasteiger partial charge < -0.3 is 5.11 Å². The van der Waals surface area contributed by atoms with Crippen LogP contribution in [0.15, 0.2) is 18.2 Å². The molecule has 0 radical (unpaired) electrons. The molecule has 1 aromatic carbocycles. The van der Waals surface area contributed by atoms with Gasteiger partial charge in [-0.1, -0.05) is 19.1 Å². The third-order valence-electron chi connectivity index (χ3n) is 1.74. The summed E-state index contributed by atoms with van der Waals surface area (Å²) in [5.41, 5.74) is 2.23. The van der Waals surface area contributed by atoms with Crippen LogP contribution in [-0.2, 0) is 6.42 Å². The highest BCUT2D eigenvalue weighted by Gasteiger charge is 1.99. The van der Waals surface area contributed by atoms with Crippen LogP contribution in [0.5, 0.6) is 5.75 Å². The first-order valence-electron chi connectivity index (χ1n) is 3.53. The first-order valence-corrected chi connectivity index (χ1v) is 3.53. The number of aromatic hydroxyl groups is 1. The van der Waals surface area contributed by atoms with Gasteiger partial charge in [-0.2, -0.15) is 13.5 Å². The molecule has 2 heteroatoms. The van der Waals surface area contributed by atoms with Crippen LogP contribution in [0.2, 0.25) is 0 Å². The third kappa shape index (κ3) is 2.15. The van der Waals surface area contributed by atoms with E-state index in [1.54, 1.807) is 6.07 Å². The Balaban J connectivity index is 0.000001000. The molecule has 0 fully saturated rings. The van der Waals surface area contributed by atoms with Crippen LogP contribution in [0.3, 0.4) is 0 Å². The SMILES string of the molecule is CCc1c(C)cccc1O.S. The molecule has 0 unspecified atom stereocenters. The largest absolute Gasteiger partial charge is 0.508 e. The average molecular weight is 170 g/mol. The van der Waals surface area contributed by atoms with Gasteiger partial charge in [0.2, 0.25) is 0 Å². The fraction of sp³-hybridized carbons (Fsp3) is 0.333. The van der Waals surface area contributed by atoms with Crippen molar-refractivity contribution in [1.29, 1.82) is 0 Å². The van der Waals surface area contributed by atoms with E-state index < -0.39 is 0 Å². The molecule has 1 aromatic rings. The van der Waals surface area contributed by atoms with Crippen LogP contribution in [0.1, 0.15) is 18.1 Å². The fourth-order valence-electron chi connectivity index (χ4n) is 1.15. The Morgan fingerprint density at radius 1 is 1.36 bits per heavy atom. The molecule has 1 rings (SSSR count). The van der Waals surface area contributed by atoms with E-state index in [1.807, 2.05) is 26.0 Å². The Morgan fingerprint density at radius 2 is 2.00 bits per heavy atom. The van der Waals surface area contributed by atoms with Crippen molar-refractivity contribution < 1.29 is 5.11 Å². The Morgan fingerprint density at radius 3 is 2.36 bits per heavy atom. The van der Waals surface area contributed by atoms with E-state index in [4.69, 9.17) is 0 Å². The second kappa shape index (κ2) is 4.29. The molecular weight excluding hydrogens is 156 g/mol. The van der Waals surface area contributed by atoms with Gasteiger partial charge in [0.1, 0.15) is 5.75 Å². The van der Waals surface area contributed by atoms with Crippen molar-refractivity contribution in [2.24, 2.45) is 0 Å². The van der Waals surface area contributed by atoms with Crippen molar-refractivity contribution in [2.45, 2.75) is 20.3 Å². The van der Waals surface area contributed by atoms with Crippen LogP contribution >= 0.6 is 13.5 Å². The Labute approximate surface area is 74.5 Å². The minimum absolute atomic E-state index is 0. The predicted octanol–water partition coefficient (Wildman–Crippen LogP) is 2.38. The molecule has 0 aliphatic rings. The van der Waals surface area contributed by atoms with Gasteiger partial charge in [0.15, 0.2) is 0 Å². The fourth-order valence-corrected chi connectivity index (χ4v) is 1.15. The van der Waals surface area contributed by atoms with Gasteiger partial charge in [-0.15, -0.1) is 0 Å². The van der Waals surface area contributed by atoms with Crippen molar-refractivity contribution in [1.82, 2.24) is 0 Å². The standard InChI is InChI=1S/C9H12O.H2S/c1-3-8-7(2)5-4-6-9(8)10;/h4-6,10H,3H2,1-2H3;1H2. The lowest BCUT2D eigenvalue weighted by atomic mass is 10.1. The minimum atomic E-state index is 0. The van der Waals surface area contributed by atoms with E-state index in [2.05, 4.69) is 0 Å². The number of rotatable bonds is 1. The van der Waals surface area contributed by atoms with E-state index in [1.165, 1.54) is 5.56 Å². The summed E-state index contributed by atoms with van der Waals surface area (Å²) in [5.74, 6) is 0.419. The smallest absolute Gasteiger partial charge is 0.119 e. The summed E-state index contributed by atoms with van der Waals surface area (Å²) in [4.78, 5) is 0. The topological polar surface area (TPSA) is 20.2 Å². The molecule has 1 N–H and O–H groups in total. The van der Waals surface area contributed by atoms with Gasteiger partial charge in [-0.3, -0.25) is 0 Å². The maximum absolute atomic E-state index is 9.29. The number of hydrogen-bond acceptors (Lipinski definition) is 1. The summed E-state index contributed by atoms with van der Waals surface area (Å²) in [5, 5.41) is 9.29. The molecule has 0 atom stereocenters. The number of hydrogen-bond donors (Lipinski definition) is 1. The van der Waals surface area contributed by atoms with E-state index in [0.29, 0.717) is 5.75 Å². The molecule has 1 nitrogen and oxygen atoms in total. The Bertz CT molecular complexity index is 213. The van der Waals surface area contributed by atoms with Crippen LogP contribution in [-0.4, -0.2) is 5.11 Å². The number of aryl methyl sites for hydroxylation is 1. The molecule has 0 aliphatic carbocycles. The monoisotopic (exact) mass is 170 g/mol. The molecule has 0 bridgehead atoms. The highest BCUT2D eigenvalue weighted by atomic mass is 32.1. The van der Waals surface area contributed by atoms with Crippen LogP contribution in [0.25, 0.3) is 0 Å². The Hall–Kier alpha value is -0.630. The molecule has 62 valence electrons. The first-order chi connectivity index (χ1) is 4.75. The minimum Gasteiger partial charge on any atom is -0.508 e. The van der Waals surface area contributed by atoms with E-state index in [-0.39, 0.29) is 13.5 Å². The molecule has 0 spiro atoms. The maximum atomic E-state index is 9.29. The summed E-state index contributed by atoms with van der Waals surface area (Å²) < 4.78 is 0. The quantitative estimate of drug-likeness (QED) is 0.686. The maximum Gasteiger partial charge on any atom is 0.119 e. The second-order valence-electron chi connectivity index (χ2n) is 2.43. The number of phenolic OH excluding ortho intramolecular Hbond substituents is 1. The zero-order chi connectivity index (χ0) is 7.56. The molecule has 0 aromatic heterocycles. The van der Waals surface area contributed by atoms with E-state index in [9.17, 15) is 5.11 Å². The normalized spacial score (nSPS) is 8.91. The lowest BCUT2D eigenvalue weighted by Crippen LogP contribution is -1.85. The summed E-state index contributed by atoms with van der Waals surface area (Å²) >= 11 is 0. The van der Waals surface area contributed by atoms with Gasteiger partial charge in [0.25, 0.3) is 0 Å². The summed E-state index contributed by atoms with van der Waals surface area (Å²) in [6, 6.07) is 5.61. The average Bonchev–Trinajstić information content (AvgIpc) is 1.88. The lowest BCUT2D eigenvalue weighted by Gasteiger charge is -2.03.